The minimum atomic E-state index is -0.486. The van der Waals surface area contributed by atoms with Crippen LogP contribution < -0.4 is 11.1 Å². The van der Waals surface area contributed by atoms with Gasteiger partial charge in [-0.15, -0.1) is 0 Å². The topological polar surface area (TPSA) is 75.3 Å². The van der Waals surface area contributed by atoms with Gasteiger partial charge in [0.2, 0.25) is 0 Å². The number of phenols is 1. The number of aromatic hydroxyl groups is 1. The summed E-state index contributed by atoms with van der Waals surface area (Å²) in [5.74, 6) is -0.688. The van der Waals surface area contributed by atoms with E-state index in [9.17, 15) is 9.90 Å². The Labute approximate surface area is 140 Å². The monoisotopic (exact) mass is 384 g/mol. The normalized spacial score (nSPS) is 10.2. The van der Waals surface area contributed by atoms with Crippen LogP contribution >= 0.6 is 39.7 Å². The largest absolute Gasteiger partial charge is 0.507 e. The summed E-state index contributed by atoms with van der Waals surface area (Å²) in [5.41, 5.74) is 6.72. The van der Waals surface area contributed by atoms with Crippen LogP contribution in [0.2, 0.25) is 5.02 Å². The summed E-state index contributed by atoms with van der Waals surface area (Å²) < 4.78 is 0.762. The van der Waals surface area contributed by atoms with E-state index in [0.29, 0.717) is 16.3 Å². The maximum atomic E-state index is 12.2. The molecule has 0 saturated carbocycles. The Balaban J connectivity index is 2.35. The van der Waals surface area contributed by atoms with Gasteiger partial charge in [0, 0.05) is 15.1 Å². The van der Waals surface area contributed by atoms with E-state index in [1.54, 1.807) is 18.2 Å². The van der Waals surface area contributed by atoms with E-state index < -0.39 is 5.91 Å². The van der Waals surface area contributed by atoms with Crippen LogP contribution in [0.3, 0.4) is 0 Å². The second-order valence-electron chi connectivity index (χ2n) is 4.17. The minimum Gasteiger partial charge on any atom is -0.507 e. The van der Waals surface area contributed by atoms with E-state index in [0.717, 1.165) is 4.47 Å². The van der Waals surface area contributed by atoms with Crippen molar-refractivity contribution in [2.45, 2.75) is 0 Å². The van der Waals surface area contributed by atoms with Crippen LogP contribution in [0.15, 0.2) is 40.9 Å². The summed E-state index contributed by atoms with van der Waals surface area (Å²) >= 11 is 14.0. The number of hydrogen-bond acceptors (Lipinski definition) is 3. The molecule has 0 saturated heterocycles. The van der Waals surface area contributed by atoms with Gasteiger partial charge in [0.1, 0.15) is 10.7 Å². The molecule has 0 heterocycles. The zero-order valence-corrected chi connectivity index (χ0v) is 13.7. The third-order valence-electron chi connectivity index (χ3n) is 2.70. The second-order valence-corrected chi connectivity index (χ2v) is 5.96. The first-order valence-electron chi connectivity index (χ1n) is 5.77. The van der Waals surface area contributed by atoms with Crippen LogP contribution in [0, 0.1) is 0 Å². The lowest BCUT2D eigenvalue weighted by atomic mass is 10.1. The molecule has 2 aromatic rings. The fraction of sp³-hybridized carbons (Fsp3) is 0. The van der Waals surface area contributed by atoms with Crippen LogP contribution in [0.1, 0.15) is 15.9 Å². The molecule has 4 nitrogen and oxygen atoms in total. The number of rotatable bonds is 3. The number of halogens is 2. The van der Waals surface area contributed by atoms with Gasteiger partial charge in [0.15, 0.2) is 0 Å². The molecule has 0 atom stereocenters. The number of nitrogens with one attached hydrogen (secondary N) is 1. The molecule has 0 aliphatic carbocycles. The molecule has 0 aromatic heterocycles. The average molecular weight is 386 g/mol. The lowest BCUT2D eigenvalue weighted by Gasteiger charge is -2.11. The van der Waals surface area contributed by atoms with E-state index in [4.69, 9.17) is 29.6 Å². The molecule has 0 fully saturated rings. The molecule has 1 amide bonds. The summed E-state index contributed by atoms with van der Waals surface area (Å²) in [6, 6.07) is 9.40. The van der Waals surface area contributed by atoms with Gasteiger partial charge >= 0.3 is 0 Å². The molecule has 2 rings (SSSR count). The number of phenolic OH excluding ortho intramolecular Hbond substituents is 1. The first-order chi connectivity index (χ1) is 9.88. The molecule has 0 unspecified atom stereocenters. The van der Waals surface area contributed by atoms with Crippen LogP contribution in [-0.4, -0.2) is 16.0 Å². The van der Waals surface area contributed by atoms with Crippen LogP contribution in [0.4, 0.5) is 5.69 Å². The van der Waals surface area contributed by atoms with Crippen molar-refractivity contribution in [3.63, 3.8) is 0 Å². The second kappa shape index (κ2) is 6.43. The van der Waals surface area contributed by atoms with Crippen LogP contribution in [0.5, 0.6) is 5.75 Å². The maximum absolute atomic E-state index is 12.2. The van der Waals surface area contributed by atoms with Gasteiger partial charge in [-0.25, -0.2) is 0 Å². The van der Waals surface area contributed by atoms with E-state index >= 15 is 0 Å². The molecule has 0 aliphatic rings. The number of anilines is 1. The van der Waals surface area contributed by atoms with Crippen molar-refractivity contribution in [3.8, 4) is 5.75 Å². The van der Waals surface area contributed by atoms with E-state index in [2.05, 4.69) is 21.2 Å². The summed E-state index contributed by atoms with van der Waals surface area (Å²) in [6.07, 6.45) is 0. The number of amides is 1. The van der Waals surface area contributed by atoms with Crippen molar-refractivity contribution >= 4 is 56.3 Å². The number of nitrogens with two attached hydrogens (primary N) is 1. The van der Waals surface area contributed by atoms with Crippen molar-refractivity contribution in [1.29, 1.82) is 0 Å². The zero-order valence-electron chi connectivity index (χ0n) is 10.6. The van der Waals surface area contributed by atoms with Crippen molar-refractivity contribution in [1.82, 2.24) is 0 Å². The van der Waals surface area contributed by atoms with Gasteiger partial charge in [-0.05, 0) is 36.4 Å². The van der Waals surface area contributed by atoms with Crippen molar-refractivity contribution in [2.75, 3.05) is 5.32 Å². The number of thiocarbonyl (C=S) groups is 1. The molecule has 21 heavy (non-hydrogen) atoms. The number of benzene rings is 2. The molecule has 0 aliphatic heterocycles. The molecule has 0 bridgehead atoms. The third-order valence-corrected chi connectivity index (χ3v) is 3.65. The van der Waals surface area contributed by atoms with E-state index in [-0.39, 0.29) is 16.3 Å². The van der Waals surface area contributed by atoms with Gasteiger partial charge in [-0.3, -0.25) is 4.79 Å². The molecular weight excluding hydrogens is 376 g/mol. The molecule has 0 spiro atoms. The molecule has 2 aromatic carbocycles. The molecule has 4 N–H and O–H groups in total. The highest BCUT2D eigenvalue weighted by atomic mass is 79.9. The summed E-state index contributed by atoms with van der Waals surface area (Å²) in [5, 5.41) is 12.8. The molecule has 0 radical (unpaired) electrons. The lowest BCUT2D eigenvalue weighted by molar-refractivity contribution is 0.102. The van der Waals surface area contributed by atoms with Gasteiger partial charge in [-0.2, -0.15) is 0 Å². The number of carbonyl (C=O) groups is 1. The fourth-order valence-corrected chi connectivity index (χ4v) is 2.43. The van der Waals surface area contributed by atoms with Gasteiger partial charge in [0.25, 0.3) is 5.91 Å². The Hall–Kier alpha value is -1.63. The number of carbonyl (C=O) groups excluding carboxylic acids is 1. The summed E-state index contributed by atoms with van der Waals surface area (Å²) in [6.45, 7) is 0. The minimum absolute atomic E-state index is 0.105. The highest BCUT2D eigenvalue weighted by Crippen LogP contribution is 2.25. The predicted octanol–water partition coefficient (Wildman–Crippen LogP) is 3.69. The Morgan fingerprint density at radius 2 is 1.90 bits per heavy atom. The first kappa shape index (κ1) is 15.8. The zero-order chi connectivity index (χ0) is 15.6. The average Bonchev–Trinajstić information content (AvgIpc) is 2.37. The first-order valence-corrected chi connectivity index (χ1v) is 7.35. The summed E-state index contributed by atoms with van der Waals surface area (Å²) in [7, 11) is 0. The van der Waals surface area contributed by atoms with Crippen molar-refractivity contribution < 1.29 is 9.90 Å². The van der Waals surface area contributed by atoms with Gasteiger partial charge in [-0.1, -0.05) is 39.7 Å². The smallest absolute Gasteiger partial charge is 0.259 e. The fourth-order valence-electron chi connectivity index (χ4n) is 1.72. The molecule has 7 heteroatoms. The van der Waals surface area contributed by atoms with Crippen molar-refractivity contribution in [3.05, 3.63) is 57.0 Å². The Morgan fingerprint density at radius 3 is 2.52 bits per heavy atom. The Morgan fingerprint density at radius 1 is 1.24 bits per heavy atom. The van der Waals surface area contributed by atoms with Crippen LogP contribution in [-0.2, 0) is 0 Å². The van der Waals surface area contributed by atoms with E-state index in [1.165, 1.54) is 18.2 Å². The Kier molecular flexibility index (Phi) is 4.82. The number of hydrogen-bond donors (Lipinski definition) is 3. The quantitative estimate of drug-likeness (QED) is 0.704. The van der Waals surface area contributed by atoms with E-state index in [1.807, 2.05) is 0 Å². The maximum Gasteiger partial charge on any atom is 0.259 e. The van der Waals surface area contributed by atoms with Gasteiger partial charge in [0.05, 0.1) is 11.3 Å². The van der Waals surface area contributed by atoms with Gasteiger partial charge < -0.3 is 16.2 Å². The molecule has 108 valence electrons. The Bertz CT molecular complexity index is 737. The van der Waals surface area contributed by atoms with Crippen LogP contribution in [0.25, 0.3) is 0 Å². The highest BCUT2D eigenvalue weighted by molar-refractivity contribution is 9.10. The predicted molar refractivity (Wildman–Crippen MR) is 91.1 cm³/mol. The highest BCUT2D eigenvalue weighted by Gasteiger charge is 2.14. The molecular formula is C14H10BrClN2O2S. The lowest BCUT2D eigenvalue weighted by Crippen LogP contribution is -2.17. The third kappa shape index (κ3) is 3.72. The summed E-state index contributed by atoms with van der Waals surface area (Å²) in [4.78, 5) is 12.4. The SMILES string of the molecule is NC(=S)c1ccc(Br)cc1NC(=O)c1ccc(Cl)cc1O. The van der Waals surface area contributed by atoms with Crippen molar-refractivity contribution in [2.24, 2.45) is 5.73 Å². The standard InChI is InChI=1S/C14H10BrClN2O2S/c15-7-1-3-9(13(17)21)11(5-7)18-14(20)10-4-2-8(16)6-12(10)19/h1-6,19H,(H2,17,21)(H,18,20).